The molecule has 126 valence electrons. The van der Waals surface area contributed by atoms with Gasteiger partial charge in [0.2, 0.25) is 0 Å². The molecular formula is C21H21N3O. The first-order valence-corrected chi connectivity index (χ1v) is 8.70. The van der Waals surface area contributed by atoms with Crippen LogP contribution in [0, 0.1) is 6.92 Å². The molecule has 4 rings (SSSR count). The number of carbonyl (C=O) groups excluding carboxylic acids is 1. The Balaban J connectivity index is 1.64. The van der Waals surface area contributed by atoms with Crippen molar-refractivity contribution in [3.8, 4) is 11.1 Å². The van der Waals surface area contributed by atoms with Gasteiger partial charge in [-0.3, -0.25) is 9.89 Å². The molecule has 1 aliphatic heterocycles. The third-order valence-corrected chi connectivity index (χ3v) is 5.00. The SMILES string of the molecule is Cc1ccccc1C1CCCN1C(=O)c1cccc(-c2cn[nH]c2)c1. The Labute approximate surface area is 147 Å². The number of H-pyrrole nitrogens is 1. The van der Waals surface area contributed by atoms with Crippen molar-refractivity contribution in [2.24, 2.45) is 0 Å². The van der Waals surface area contributed by atoms with E-state index in [1.807, 2.05) is 41.4 Å². The van der Waals surface area contributed by atoms with E-state index < -0.39 is 0 Å². The van der Waals surface area contributed by atoms with Crippen LogP contribution in [0.3, 0.4) is 0 Å². The van der Waals surface area contributed by atoms with Crippen LogP contribution in [0.4, 0.5) is 0 Å². The summed E-state index contributed by atoms with van der Waals surface area (Å²) in [4.78, 5) is 15.2. The van der Waals surface area contributed by atoms with Crippen molar-refractivity contribution < 1.29 is 4.79 Å². The normalized spacial score (nSPS) is 17.0. The number of aryl methyl sites for hydroxylation is 1. The number of aromatic amines is 1. The Morgan fingerprint density at radius 1 is 1.16 bits per heavy atom. The lowest BCUT2D eigenvalue weighted by Gasteiger charge is -2.26. The Bertz CT molecular complexity index is 886. The van der Waals surface area contributed by atoms with Gasteiger partial charge in [-0.15, -0.1) is 0 Å². The molecule has 25 heavy (non-hydrogen) atoms. The molecule has 1 fully saturated rings. The summed E-state index contributed by atoms with van der Waals surface area (Å²) in [5.74, 6) is 0.107. The van der Waals surface area contributed by atoms with E-state index in [0.717, 1.165) is 36.1 Å². The fourth-order valence-corrected chi connectivity index (χ4v) is 3.70. The minimum absolute atomic E-state index is 0.107. The summed E-state index contributed by atoms with van der Waals surface area (Å²) < 4.78 is 0. The number of benzene rings is 2. The first-order chi connectivity index (χ1) is 12.2. The van der Waals surface area contributed by atoms with Gasteiger partial charge in [0.05, 0.1) is 12.2 Å². The molecule has 0 aliphatic carbocycles. The Morgan fingerprint density at radius 3 is 2.84 bits per heavy atom. The molecule has 1 aromatic heterocycles. The molecule has 0 bridgehead atoms. The van der Waals surface area contributed by atoms with E-state index in [-0.39, 0.29) is 11.9 Å². The van der Waals surface area contributed by atoms with Crippen molar-refractivity contribution in [1.82, 2.24) is 15.1 Å². The van der Waals surface area contributed by atoms with Crippen molar-refractivity contribution in [2.45, 2.75) is 25.8 Å². The number of likely N-dealkylation sites (tertiary alicyclic amines) is 1. The van der Waals surface area contributed by atoms with E-state index in [9.17, 15) is 4.79 Å². The number of rotatable bonds is 3. The van der Waals surface area contributed by atoms with E-state index in [4.69, 9.17) is 0 Å². The molecule has 2 aromatic carbocycles. The zero-order valence-corrected chi connectivity index (χ0v) is 14.3. The van der Waals surface area contributed by atoms with E-state index >= 15 is 0 Å². The third-order valence-electron chi connectivity index (χ3n) is 5.00. The molecule has 4 nitrogen and oxygen atoms in total. The summed E-state index contributed by atoms with van der Waals surface area (Å²) in [7, 11) is 0. The van der Waals surface area contributed by atoms with Gasteiger partial charge in [0.1, 0.15) is 0 Å². The monoisotopic (exact) mass is 331 g/mol. The van der Waals surface area contributed by atoms with Crippen LogP contribution in [0.15, 0.2) is 60.9 Å². The van der Waals surface area contributed by atoms with E-state index in [0.29, 0.717) is 0 Å². The van der Waals surface area contributed by atoms with Gasteiger partial charge >= 0.3 is 0 Å². The van der Waals surface area contributed by atoms with Crippen molar-refractivity contribution in [3.63, 3.8) is 0 Å². The number of nitrogens with one attached hydrogen (secondary N) is 1. The molecular weight excluding hydrogens is 310 g/mol. The molecule has 4 heteroatoms. The van der Waals surface area contributed by atoms with E-state index in [2.05, 4.69) is 35.3 Å². The highest BCUT2D eigenvalue weighted by molar-refractivity contribution is 5.96. The van der Waals surface area contributed by atoms with Crippen LogP contribution in [-0.4, -0.2) is 27.5 Å². The van der Waals surface area contributed by atoms with Gasteiger partial charge in [-0.25, -0.2) is 0 Å². The summed E-state index contributed by atoms with van der Waals surface area (Å²) in [5, 5.41) is 6.81. The van der Waals surface area contributed by atoms with Crippen LogP contribution >= 0.6 is 0 Å². The van der Waals surface area contributed by atoms with Gasteiger partial charge in [0, 0.05) is 23.9 Å². The van der Waals surface area contributed by atoms with Gasteiger partial charge in [0.15, 0.2) is 0 Å². The molecule has 1 saturated heterocycles. The molecule has 1 N–H and O–H groups in total. The number of nitrogens with zero attached hydrogens (tertiary/aromatic N) is 2. The van der Waals surface area contributed by atoms with Gasteiger partial charge < -0.3 is 4.90 Å². The predicted octanol–water partition coefficient (Wildman–Crippen LogP) is 4.36. The average molecular weight is 331 g/mol. The van der Waals surface area contributed by atoms with Gasteiger partial charge in [-0.1, -0.05) is 36.4 Å². The summed E-state index contributed by atoms with van der Waals surface area (Å²) in [5.41, 5.74) is 5.25. The number of amides is 1. The lowest BCUT2D eigenvalue weighted by molar-refractivity contribution is 0.0735. The number of hydrogen-bond acceptors (Lipinski definition) is 2. The highest BCUT2D eigenvalue weighted by Crippen LogP contribution is 2.35. The molecule has 0 radical (unpaired) electrons. The topological polar surface area (TPSA) is 49.0 Å². The molecule has 0 saturated carbocycles. The summed E-state index contributed by atoms with van der Waals surface area (Å²) in [6.45, 7) is 2.93. The highest BCUT2D eigenvalue weighted by Gasteiger charge is 2.31. The first kappa shape index (κ1) is 15.6. The van der Waals surface area contributed by atoms with Crippen LogP contribution < -0.4 is 0 Å². The van der Waals surface area contributed by atoms with Gasteiger partial charge in [-0.2, -0.15) is 5.10 Å². The molecule has 3 aromatic rings. The smallest absolute Gasteiger partial charge is 0.254 e. The van der Waals surface area contributed by atoms with Crippen molar-refractivity contribution in [1.29, 1.82) is 0 Å². The molecule has 2 heterocycles. The van der Waals surface area contributed by atoms with Crippen LogP contribution in [-0.2, 0) is 0 Å². The molecule has 0 spiro atoms. The summed E-state index contributed by atoms with van der Waals surface area (Å²) in [6.07, 6.45) is 5.69. The Morgan fingerprint density at radius 2 is 2.04 bits per heavy atom. The number of aromatic nitrogens is 2. The quantitative estimate of drug-likeness (QED) is 0.775. The van der Waals surface area contributed by atoms with Crippen LogP contribution in [0.2, 0.25) is 0 Å². The summed E-state index contributed by atoms with van der Waals surface area (Å²) in [6, 6.07) is 16.4. The second-order valence-corrected chi connectivity index (χ2v) is 6.58. The second kappa shape index (κ2) is 6.55. The zero-order chi connectivity index (χ0) is 17.2. The maximum Gasteiger partial charge on any atom is 0.254 e. The van der Waals surface area contributed by atoms with Gasteiger partial charge in [-0.05, 0) is 48.6 Å². The maximum atomic E-state index is 13.2. The van der Waals surface area contributed by atoms with Crippen molar-refractivity contribution in [3.05, 3.63) is 77.6 Å². The maximum absolute atomic E-state index is 13.2. The fraction of sp³-hybridized carbons (Fsp3) is 0.238. The van der Waals surface area contributed by atoms with Gasteiger partial charge in [0.25, 0.3) is 5.91 Å². The molecule has 1 aliphatic rings. The van der Waals surface area contributed by atoms with Crippen LogP contribution in [0.5, 0.6) is 0 Å². The number of carbonyl (C=O) groups is 1. The highest BCUT2D eigenvalue weighted by atomic mass is 16.2. The van der Waals surface area contributed by atoms with E-state index in [1.54, 1.807) is 6.20 Å². The lowest BCUT2D eigenvalue weighted by atomic mass is 9.98. The number of hydrogen-bond donors (Lipinski definition) is 1. The predicted molar refractivity (Wildman–Crippen MR) is 98.2 cm³/mol. The molecule has 1 atom stereocenters. The third kappa shape index (κ3) is 2.95. The summed E-state index contributed by atoms with van der Waals surface area (Å²) >= 11 is 0. The second-order valence-electron chi connectivity index (χ2n) is 6.58. The minimum atomic E-state index is 0.107. The van der Waals surface area contributed by atoms with Crippen LogP contribution in [0.1, 0.15) is 40.4 Å². The van der Waals surface area contributed by atoms with Crippen molar-refractivity contribution >= 4 is 5.91 Å². The average Bonchev–Trinajstić information content (AvgIpc) is 3.33. The van der Waals surface area contributed by atoms with E-state index in [1.165, 1.54) is 11.1 Å². The fourth-order valence-electron chi connectivity index (χ4n) is 3.70. The lowest BCUT2D eigenvalue weighted by Crippen LogP contribution is -2.30. The Kier molecular flexibility index (Phi) is 4.10. The standard InChI is InChI=1S/C21H21N3O/c1-15-6-2-3-9-19(15)20-10-5-11-24(20)21(25)17-8-4-7-16(12-17)18-13-22-23-14-18/h2-4,6-9,12-14,20H,5,10-11H2,1H3,(H,22,23). The minimum Gasteiger partial charge on any atom is -0.332 e. The molecule has 1 unspecified atom stereocenters. The zero-order valence-electron chi connectivity index (χ0n) is 14.3. The Hall–Kier alpha value is -2.88. The first-order valence-electron chi connectivity index (χ1n) is 8.70. The largest absolute Gasteiger partial charge is 0.332 e. The van der Waals surface area contributed by atoms with Crippen LogP contribution in [0.25, 0.3) is 11.1 Å². The van der Waals surface area contributed by atoms with Crippen molar-refractivity contribution in [2.75, 3.05) is 6.54 Å². The molecule has 1 amide bonds.